The summed E-state index contributed by atoms with van der Waals surface area (Å²) in [7, 11) is 0. The van der Waals surface area contributed by atoms with Crippen LogP contribution in [0.15, 0.2) is 10.9 Å². The molecule has 1 aliphatic rings. The lowest BCUT2D eigenvalue weighted by atomic mass is 10.1. The van der Waals surface area contributed by atoms with Gasteiger partial charge in [-0.3, -0.25) is 9.59 Å². The first-order chi connectivity index (χ1) is 8.13. The van der Waals surface area contributed by atoms with Gasteiger partial charge < -0.3 is 9.88 Å². The molecule has 2 heterocycles. The van der Waals surface area contributed by atoms with Crippen LogP contribution in [0, 0.1) is 6.92 Å². The molecule has 0 spiro atoms. The van der Waals surface area contributed by atoms with Gasteiger partial charge in [-0.15, -0.1) is 11.8 Å². The third kappa shape index (κ3) is 2.39. The number of hydrogen-bond acceptors (Lipinski definition) is 3. The van der Waals surface area contributed by atoms with Gasteiger partial charge in [0.2, 0.25) is 0 Å². The Hall–Kier alpha value is -1.23. The van der Waals surface area contributed by atoms with Crippen LogP contribution < -0.4 is 5.56 Å². The summed E-state index contributed by atoms with van der Waals surface area (Å²) in [6, 6.07) is 1.71. The van der Waals surface area contributed by atoms with Crippen LogP contribution in [-0.2, 0) is 6.42 Å². The molecule has 1 aromatic heterocycles. The van der Waals surface area contributed by atoms with E-state index in [9.17, 15) is 9.59 Å². The molecule has 0 bridgehead atoms. The highest BCUT2D eigenvalue weighted by atomic mass is 32.2. The third-order valence-corrected chi connectivity index (χ3v) is 3.94. The Morgan fingerprint density at radius 2 is 2.35 bits per heavy atom. The highest BCUT2D eigenvalue weighted by Gasteiger charge is 2.22. The van der Waals surface area contributed by atoms with E-state index in [0.29, 0.717) is 5.88 Å². The average molecular weight is 252 g/mol. The Bertz CT molecular complexity index is 490. The first-order valence-electron chi connectivity index (χ1n) is 5.73. The van der Waals surface area contributed by atoms with Crippen molar-refractivity contribution in [2.45, 2.75) is 20.3 Å². The maximum atomic E-state index is 12.1. The maximum absolute atomic E-state index is 12.1. The molecule has 0 aromatic carbocycles. The van der Waals surface area contributed by atoms with Crippen LogP contribution in [0.2, 0.25) is 0 Å². The van der Waals surface area contributed by atoms with E-state index in [1.54, 1.807) is 22.7 Å². The number of thioether (sulfide) groups is 1. The minimum Gasteiger partial charge on any atom is -0.328 e. The molecule has 1 saturated heterocycles. The molecule has 0 radical (unpaired) electrons. The molecule has 2 rings (SSSR count). The minimum atomic E-state index is -0.269. The van der Waals surface area contributed by atoms with E-state index >= 15 is 0 Å². The fraction of sp³-hybridized carbons (Fsp3) is 0.500. The van der Waals surface area contributed by atoms with Crippen molar-refractivity contribution in [1.82, 2.24) is 9.88 Å². The van der Waals surface area contributed by atoms with Crippen molar-refractivity contribution >= 4 is 17.7 Å². The fourth-order valence-corrected chi connectivity index (χ4v) is 2.89. The molecule has 4 nitrogen and oxygen atoms in total. The van der Waals surface area contributed by atoms with Gasteiger partial charge in [0, 0.05) is 18.0 Å². The van der Waals surface area contributed by atoms with Crippen LogP contribution in [0.5, 0.6) is 0 Å². The predicted octanol–water partition coefficient (Wildman–Crippen LogP) is 1.39. The van der Waals surface area contributed by atoms with Crippen molar-refractivity contribution in [3.8, 4) is 0 Å². The summed E-state index contributed by atoms with van der Waals surface area (Å²) < 4.78 is 0. The van der Waals surface area contributed by atoms with Crippen molar-refractivity contribution in [2.24, 2.45) is 0 Å². The van der Waals surface area contributed by atoms with Gasteiger partial charge in [0.05, 0.1) is 5.88 Å². The molecule has 0 unspecified atom stereocenters. The quantitative estimate of drug-likeness (QED) is 0.865. The molecule has 1 N–H and O–H groups in total. The summed E-state index contributed by atoms with van der Waals surface area (Å²) in [4.78, 5) is 28.5. The maximum Gasteiger partial charge on any atom is 0.261 e. The van der Waals surface area contributed by atoms with Gasteiger partial charge in [-0.2, -0.15) is 0 Å². The van der Waals surface area contributed by atoms with Gasteiger partial charge in [0.15, 0.2) is 0 Å². The number of H-pyrrole nitrogens is 1. The first-order valence-corrected chi connectivity index (χ1v) is 6.88. The van der Waals surface area contributed by atoms with E-state index in [-0.39, 0.29) is 17.0 Å². The number of carbonyl (C=O) groups excluding carboxylic acids is 1. The number of carbonyl (C=O) groups is 1. The van der Waals surface area contributed by atoms with Crippen molar-refractivity contribution in [1.29, 1.82) is 0 Å². The topological polar surface area (TPSA) is 53.2 Å². The molecule has 0 aliphatic carbocycles. The van der Waals surface area contributed by atoms with E-state index in [4.69, 9.17) is 0 Å². The molecular formula is C12H16N2O2S. The zero-order valence-electron chi connectivity index (χ0n) is 10.1. The molecule has 5 heteroatoms. The lowest BCUT2D eigenvalue weighted by Gasteiger charge is -2.14. The van der Waals surface area contributed by atoms with Crippen molar-refractivity contribution in [2.75, 3.05) is 18.2 Å². The zero-order valence-corrected chi connectivity index (χ0v) is 10.9. The Morgan fingerprint density at radius 3 is 2.94 bits per heavy atom. The summed E-state index contributed by atoms with van der Waals surface area (Å²) >= 11 is 1.72. The minimum absolute atomic E-state index is 0.151. The normalized spacial score (nSPS) is 15.3. The third-order valence-electron chi connectivity index (χ3n) is 2.97. The van der Waals surface area contributed by atoms with Crippen LogP contribution in [-0.4, -0.2) is 34.0 Å². The first kappa shape index (κ1) is 12.2. The highest BCUT2D eigenvalue weighted by molar-refractivity contribution is 7.99. The number of amides is 1. The van der Waals surface area contributed by atoms with E-state index in [2.05, 4.69) is 4.98 Å². The van der Waals surface area contributed by atoms with Crippen LogP contribution in [0.3, 0.4) is 0 Å². The molecule has 1 aliphatic heterocycles. The van der Waals surface area contributed by atoms with Gasteiger partial charge >= 0.3 is 0 Å². The number of aryl methyl sites for hydroxylation is 2. The Morgan fingerprint density at radius 1 is 1.59 bits per heavy atom. The van der Waals surface area contributed by atoms with Gasteiger partial charge in [0.1, 0.15) is 5.56 Å². The molecule has 0 saturated carbocycles. The summed E-state index contributed by atoms with van der Waals surface area (Å²) in [6.07, 6.45) is 0.773. The van der Waals surface area contributed by atoms with Crippen molar-refractivity contribution in [3.63, 3.8) is 0 Å². The van der Waals surface area contributed by atoms with E-state index in [0.717, 1.165) is 30.0 Å². The summed E-state index contributed by atoms with van der Waals surface area (Å²) in [6.45, 7) is 4.64. The molecular weight excluding hydrogens is 236 g/mol. The van der Waals surface area contributed by atoms with Crippen LogP contribution in [0.25, 0.3) is 0 Å². The van der Waals surface area contributed by atoms with Gasteiger partial charge in [-0.05, 0) is 25.0 Å². The SMILES string of the molecule is CCc1[nH]c(=O)c(C(=O)N2CCSC2)cc1C. The highest BCUT2D eigenvalue weighted by Crippen LogP contribution is 2.16. The summed E-state index contributed by atoms with van der Waals surface area (Å²) in [5.74, 6) is 1.49. The smallest absolute Gasteiger partial charge is 0.261 e. The number of rotatable bonds is 2. The van der Waals surface area contributed by atoms with E-state index < -0.39 is 0 Å². The largest absolute Gasteiger partial charge is 0.328 e. The van der Waals surface area contributed by atoms with Gasteiger partial charge in [-0.1, -0.05) is 6.92 Å². The van der Waals surface area contributed by atoms with Crippen molar-refractivity contribution in [3.05, 3.63) is 33.2 Å². The number of hydrogen-bond donors (Lipinski definition) is 1. The number of aromatic nitrogens is 1. The summed E-state index contributed by atoms with van der Waals surface area (Å²) in [5, 5.41) is 0. The number of nitrogens with one attached hydrogen (secondary N) is 1. The lowest BCUT2D eigenvalue weighted by molar-refractivity contribution is 0.0801. The molecule has 17 heavy (non-hydrogen) atoms. The molecule has 1 amide bonds. The fourth-order valence-electron chi connectivity index (χ4n) is 1.94. The van der Waals surface area contributed by atoms with Crippen LogP contribution >= 0.6 is 11.8 Å². The standard InChI is InChI=1S/C12H16N2O2S/c1-3-10-8(2)6-9(11(15)13-10)12(16)14-4-5-17-7-14/h6H,3-5,7H2,1-2H3,(H,13,15). The Labute approximate surface area is 104 Å². The van der Waals surface area contributed by atoms with Gasteiger partial charge in [-0.25, -0.2) is 0 Å². The second kappa shape index (κ2) is 4.96. The van der Waals surface area contributed by atoms with Crippen LogP contribution in [0.4, 0.5) is 0 Å². The predicted molar refractivity (Wildman–Crippen MR) is 69.5 cm³/mol. The molecule has 1 aromatic rings. The van der Waals surface area contributed by atoms with E-state index in [1.807, 2.05) is 13.8 Å². The molecule has 0 atom stereocenters. The van der Waals surface area contributed by atoms with Crippen LogP contribution in [0.1, 0.15) is 28.5 Å². The molecule has 1 fully saturated rings. The summed E-state index contributed by atoms with van der Waals surface area (Å²) in [5.41, 5.74) is 1.88. The lowest BCUT2D eigenvalue weighted by Crippen LogP contribution is -2.33. The second-order valence-corrected chi connectivity index (χ2v) is 5.21. The Kier molecular flexibility index (Phi) is 3.57. The average Bonchev–Trinajstić information content (AvgIpc) is 2.84. The van der Waals surface area contributed by atoms with Gasteiger partial charge in [0.25, 0.3) is 11.5 Å². The zero-order chi connectivity index (χ0) is 12.4. The number of aromatic amines is 1. The van der Waals surface area contributed by atoms with E-state index in [1.165, 1.54) is 0 Å². The second-order valence-electron chi connectivity index (χ2n) is 4.13. The van der Waals surface area contributed by atoms with Crippen molar-refractivity contribution < 1.29 is 4.79 Å². The number of pyridine rings is 1. The monoisotopic (exact) mass is 252 g/mol. The Balaban J connectivity index is 2.35. The molecule has 92 valence electrons. The number of nitrogens with zero attached hydrogens (tertiary/aromatic N) is 1.